The number of nitrogens with one attached hydrogen (secondary N) is 3. The van der Waals surface area contributed by atoms with Crippen LogP contribution in [0.5, 0.6) is 0 Å². The van der Waals surface area contributed by atoms with Crippen molar-refractivity contribution < 1.29 is 9.59 Å². The van der Waals surface area contributed by atoms with E-state index in [4.69, 9.17) is 11.6 Å². The minimum absolute atomic E-state index is 0.0438. The Hall–Kier alpha value is -3.69. The van der Waals surface area contributed by atoms with Crippen LogP contribution < -0.4 is 20.9 Å². The van der Waals surface area contributed by atoms with Gasteiger partial charge in [0.05, 0.1) is 6.04 Å². The molecule has 0 aliphatic carbocycles. The van der Waals surface area contributed by atoms with Gasteiger partial charge in [-0.15, -0.1) is 11.3 Å². The number of benzene rings is 3. The van der Waals surface area contributed by atoms with E-state index in [0.717, 1.165) is 38.2 Å². The summed E-state index contributed by atoms with van der Waals surface area (Å²) in [7, 11) is 0. The molecule has 0 spiro atoms. The third kappa shape index (κ3) is 8.13. The lowest BCUT2D eigenvalue weighted by Gasteiger charge is -2.38. The molecular weight excluding hydrogens is 602 g/mol. The van der Waals surface area contributed by atoms with Crippen molar-refractivity contribution in [2.45, 2.75) is 44.4 Å². The summed E-state index contributed by atoms with van der Waals surface area (Å²) in [4.78, 5) is 33.2. The molecule has 9 heteroatoms. The summed E-state index contributed by atoms with van der Waals surface area (Å²) in [5, 5.41) is 12.8. The zero-order chi connectivity index (χ0) is 31.0. The number of piperazine rings is 1. The second kappa shape index (κ2) is 15.1. The third-order valence-electron chi connectivity index (χ3n) is 8.73. The van der Waals surface area contributed by atoms with Crippen molar-refractivity contribution in [3.8, 4) is 0 Å². The molecule has 0 saturated carbocycles. The van der Waals surface area contributed by atoms with E-state index in [-0.39, 0.29) is 17.9 Å². The summed E-state index contributed by atoms with van der Waals surface area (Å²) in [5.74, 6) is -0.186. The summed E-state index contributed by atoms with van der Waals surface area (Å²) in [6, 6.07) is 27.4. The maximum absolute atomic E-state index is 14.0. The molecule has 2 amide bonds. The molecule has 3 N–H and O–H groups in total. The number of nitrogens with zero attached hydrogens (tertiary/aromatic N) is 2. The highest BCUT2D eigenvalue weighted by Crippen LogP contribution is 2.23. The molecule has 2 aliphatic heterocycles. The second-order valence-electron chi connectivity index (χ2n) is 11.7. The van der Waals surface area contributed by atoms with Crippen LogP contribution in [0.15, 0.2) is 90.3 Å². The van der Waals surface area contributed by atoms with Crippen molar-refractivity contribution in [3.05, 3.63) is 122 Å². The highest BCUT2D eigenvalue weighted by molar-refractivity contribution is 7.09. The van der Waals surface area contributed by atoms with Crippen molar-refractivity contribution in [2.24, 2.45) is 0 Å². The first kappa shape index (κ1) is 31.3. The zero-order valence-electron chi connectivity index (χ0n) is 25.4. The van der Waals surface area contributed by atoms with Crippen molar-refractivity contribution >= 4 is 40.4 Å². The Bertz CT molecular complexity index is 1570. The molecule has 2 aliphatic rings. The van der Waals surface area contributed by atoms with Crippen LogP contribution in [0, 0.1) is 0 Å². The molecule has 234 valence electrons. The average molecular weight is 642 g/mol. The van der Waals surface area contributed by atoms with Gasteiger partial charge >= 0.3 is 0 Å². The molecule has 1 saturated heterocycles. The van der Waals surface area contributed by atoms with Crippen LogP contribution in [-0.4, -0.2) is 61.5 Å². The lowest BCUT2D eigenvalue weighted by Crippen LogP contribution is -2.58. The van der Waals surface area contributed by atoms with Gasteiger partial charge in [0.15, 0.2) is 0 Å². The van der Waals surface area contributed by atoms with Crippen molar-refractivity contribution in [3.63, 3.8) is 0 Å². The molecule has 4 aromatic rings. The van der Waals surface area contributed by atoms with E-state index < -0.39 is 6.04 Å². The Balaban J connectivity index is 1.08. The number of amides is 2. The topological polar surface area (TPSA) is 76.7 Å². The number of fused-ring (bicyclic) bond motifs is 1. The van der Waals surface area contributed by atoms with Gasteiger partial charge in [-0.05, 0) is 64.7 Å². The van der Waals surface area contributed by atoms with Crippen LogP contribution in [0.25, 0.3) is 0 Å². The van der Waals surface area contributed by atoms with Gasteiger partial charge in [0.1, 0.15) is 6.04 Å². The minimum Gasteiger partial charge on any atom is -0.368 e. The third-order valence-corrected chi connectivity index (χ3v) is 9.92. The number of thiophene rings is 1. The van der Waals surface area contributed by atoms with Crippen LogP contribution in [0.1, 0.15) is 27.1 Å². The number of halogens is 1. The van der Waals surface area contributed by atoms with Gasteiger partial charge in [0, 0.05) is 67.8 Å². The summed E-state index contributed by atoms with van der Waals surface area (Å²) < 4.78 is 0. The van der Waals surface area contributed by atoms with E-state index in [1.165, 1.54) is 27.3 Å². The summed E-state index contributed by atoms with van der Waals surface area (Å²) in [6.45, 7) is 5.04. The van der Waals surface area contributed by atoms with Crippen LogP contribution in [-0.2, 0) is 41.9 Å². The van der Waals surface area contributed by atoms with Crippen LogP contribution in [0.3, 0.4) is 0 Å². The van der Waals surface area contributed by atoms with Gasteiger partial charge in [-0.3, -0.25) is 9.59 Å². The fourth-order valence-electron chi connectivity index (χ4n) is 6.21. The number of anilines is 1. The number of hydrogen-bond acceptors (Lipinski definition) is 6. The Kier molecular flexibility index (Phi) is 10.5. The lowest BCUT2D eigenvalue weighted by molar-refractivity contribution is -0.137. The Morgan fingerprint density at radius 1 is 0.911 bits per heavy atom. The van der Waals surface area contributed by atoms with Gasteiger partial charge in [0.2, 0.25) is 11.8 Å². The number of carbonyl (C=O) groups is 2. The van der Waals surface area contributed by atoms with Crippen molar-refractivity contribution in [2.75, 3.05) is 37.6 Å². The Morgan fingerprint density at radius 2 is 1.67 bits per heavy atom. The number of para-hydroxylation sites is 1. The van der Waals surface area contributed by atoms with Crippen LogP contribution >= 0.6 is 22.9 Å². The van der Waals surface area contributed by atoms with E-state index in [0.29, 0.717) is 37.5 Å². The molecule has 2 unspecified atom stereocenters. The molecular formula is C36H40ClN5O2S. The maximum Gasteiger partial charge on any atom is 0.245 e. The second-order valence-corrected chi connectivity index (χ2v) is 13.2. The summed E-state index contributed by atoms with van der Waals surface area (Å²) in [6.07, 6.45) is 2.04. The molecule has 2 atom stereocenters. The summed E-state index contributed by atoms with van der Waals surface area (Å²) >= 11 is 7.93. The van der Waals surface area contributed by atoms with E-state index in [1.54, 1.807) is 11.3 Å². The Morgan fingerprint density at radius 3 is 2.44 bits per heavy atom. The van der Waals surface area contributed by atoms with Gasteiger partial charge < -0.3 is 25.8 Å². The van der Waals surface area contributed by atoms with Crippen LogP contribution in [0.4, 0.5) is 5.69 Å². The molecule has 6 rings (SSSR count). The monoisotopic (exact) mass is 641 g/mol. The fourth-order valence-corrected chi connectivity index (χ4v) is 7.05. The first-order chi connectivity index (χ1) is 22.0. The van der Waals surface area contributed by atoms with Crippen molar-refractivity contribution in [1.29, 1.82) is 0 Å². The number of rotatable bonds is 11. The quantitative estimate of drug-likeness (QED) is 0.205. The van der Waals surface area contributed by atoms with Gasteiger partial charge in [-0.1, -0.05) is 72.3 Å². The SMILES string of the molecule is O=C(NC(Cc1ccc(Cl)cc1)C(=O)N1CCN(c2ccccc2CNCCc2cccs2)CC1)C1Cc2ccccc2CN1. The number of hydrogen-bond donors (Lipinski definition) is 3. The predicted octanol–water partition coefficient (Wildman–Crippen LogP) is 4.82. The molecule has 1 fully saturated rings. The van der Waals surface area contributed by atoms with Crippen LogP contribution in [0.2, 0.25) is 5.02 Å². The van der Waals surface area contributed by atoms with Gasteiger partial charge in [-0.2, -0.15) is 0 Å². The smallest absolute Gasteiger partial charge is 0.245 e. The largest absolute Gasteiger partial charge is 0.368 e. The van der Waals surface area contributed by atoms with Gasteiger partial charge in [0.25, 0.3) is 0 Å². The van der Waals surface area contributed by atoms with E-state index >= 15 is 0 Å². The highest BCUT2D eigenvalue weighted by Gasteiger charge is 2.32. The first-order valence-electron chi connectivity index (χ1n) is 15.7. The lowest BCUT2D eigenvalue weighted by atomic mass is 9.95. The van der Waals surface area contributed by atoms with E-state index in [1.807, 2.05) is 41.3 Å². The maximum atomic E-state index is 14.0. The summed E-state index contributed by atoms with van der Waals surface area (Å²) in [5.41, 5.74) is 5.81. The molecule has 3 heterocycles. The van der Waals surface area contributed by atoms with E-state index in [9.17, 15) is 9.59 Å². The average Bonchev–Trinajstić information content (AvgIpc) is 3.61. The fraction of sp³-hybridized carbons (Fsp3) is 0.333. The Labute approximate surface area is 274 Å². The molecule has 3 aromatic carbocycles. The normalized spacial score (nSPS) is 17.0. The predicted molar refractivity (Wildman–Crippen MR) is 183 cm³/mol. The zero-order valence-corrected chi connectivity index (χ0v) is 27.0. The van der Waals surface area contributed by atoms with E-state index in [2.05, 4.69) is 74.8 Å². The molecule has 45 heavy (non-hydrogen) atoms. The molecule has 7 nitrogen and oxygen atoms in total. The standard InChI is InChI=1S/C36H40ClN5O2S/c37-30-13-11-26(12-14-30)22-33(40-35(43)32-23-27-6-1-2-7-28(27)25-39-32)36(44)42-19-17-41(18-20-42)34-10-4-3-8-29(34)24-38-16-15-31-9-5-21-45-31/h1-14,21,32-33,38-39H,15-20,22-25H2,(H,40,43). The first-order valence-corrected chi connectivity index (χ1v) is 17.0. The van der Waals surface area contributed by atoms with Gasteiger partial charge in [-0.25, -0.2) is 0 Å². The molecule has 0 bridgehead atoms. The highest BCUT2D eigenvalue weighted by atomic mass is 35.5. The number of carbonyl (C=O) groups excluding carboxylic acids is 2. The van der Waals surface area contributed by atoms with Crippen molar-refractivity contribution in [1.82, 2.24) is 20.9 Å². The molecule has 1 aromatic heterocycles. The molecule has 0 radical (unpaired) electrons. The minimum atomic E-state index is -0.663.